The van der Waals surface area contributed by atoms with Crippen LogP contribution < -0.4 is 5.32 Å². The lowest BCUT2D eigenvalue weighted by Crippen LogP contribution is -2.40. The Hall–Kier alpha value is -1.35. The van der Waals surface area contributed by atoms with E-state index >= 15 is 0 Å². The number of amides is 1. The lowest BCUT2D eigenvalue weighted by Gasteiger charge is -2.21. The molecule has 2 aliphatic rings. The van der Waals surface area contributed by atoms with Gasteiger partial charge in [0.1, 0.15) is 0 Å². The summed E-state index contributed by atoms with van der Waals surface area (Å²) in [5.74, 6) is 0.194. The molecule has 1 aliphatic carbocycles. The highest BCUT2D eigenvalue weighted by molar-refractivity contribution is 5.78. The first kappa shape index (κ1) is 14.6. The minimum atomic E-state index is 0.194. The number of hydrogen-bond acceptors (Lipinski definition) is 2. The average Bonchev–Trinajstić information content (AvgIpc) is 3.32. The molecule has 1 aromatic carbocycles. The highest BCUT2D eigenvalue weighted by atomic mass is 16.2. The van der Waals surface area contributed by atoms with Crippen LogP contribution in [0.15, 0.2) is 30.3 Å². The van der Waals surface area contributed by atoms with Gasteiger partial charge in [0.15, 0.2) is 0 Å². The maximum absolute atomic E-state index is 12.2. The summed E-state index contributed by atoms with van der Waals surface area (Å²) in [7, 11) is 0. The number of carbonyl (C=O) groups is 1. The van der Waals surface area contributed by atoms with E-state index in [1.54, 1.807) is 0 Å². The molecule has 1 heterocycles. The highest BCUT2D eigenvalue weighted by Gasteiger charge is 2.44. The minimum Gasteiger partial charge on any atom is -0.354 e. The molecule has 114 valence electrons. The Morgan fingerprint density at radius 1 is 1.05 bits per heavy atom. The molecule has 3 rings (SSSR count). The number of likely N-dealkylation sites (tertiary alicyclic amines) is 1. The second-order valence-electron chi connectivity index (χ2n) is 6.61. The number of nitrogens with one attached hydrogen (secondary N) is 1. The number of benzene rings is 1. The summed E-state index contributed by atoms with van der Waals surface area (Å²) in [6, 6.07) is 10.6. The molecule has 0 bridgehead atoms. The summed E-state index contributed by atoms with van der Waals surface area (Å²) >= 11 is 0. The predicted octanol–water partition coefficient (Wildman–Crippen LogP) is 2.71. The maximum atomic E-state index is 12.2. The normalized spacial score (nSPS) is 21.5. The SMILES string of the molecule is O=C(CN1CCCCCC1)NCC1(c2ccccc2)CC1. The van der Waals surface area contributed by atoms with Crippen LogP contribution in [-0.2, 0) is 10.2 Å². The van der Waals surface area contributed by atoms with Crippen molar-refractivity contribution in [1.29, 1.82) is 0 Å². The molecule has 0 unspecified atom stereocenters. The van der Waals surface area contributed by atoms with Crippen LogP contribution in [0, 0.1) is 0 Å². The molecular formula is C18H26N2O. The first-order valence-corrected chi connectivity index (χ1v) is 8.33. The van der Waals surface area contributed by atoms with Crippen molar-refractivity contribution in [2.45, 2.75) is 43.9 Å². The van der Waals surface area contributed by atoms with E-state index in [4.69, 9.17) is 0 Å². The van der Waals surface area contributed by atoms with Gasteiger partial charge in [0, 0.05) is 12.0 Å². The van der Waals surface area contributed by atoms with E-state index in [-0.39, 0.29) is 11.3 Å². The first-order chi connectivity index (χ1) is 10.3. The van der Waals surface area contributed by atoms with Crippen LogP contribution in [0.1, 0.15) is 44.1 Å². The maximum Gasteiger partial charge on any atom is 0.234 e. The number of rotatable bonds is 5. The third-order valence-electron chi connectivity index (χ3n) is 4.93. The van der Waals surface area contributed by atoms with Crippen molar-refractivity contribution in [3.05, 3.63) is 35.9 Å². The van der Waals surface area contributed by atoms with Crippen molar-refractivity contribution >= 4 is 5.91 Å². The predicted molar refractivity (Wildman–Crippen MR) is 85.3 cm³/mol. The monoisotopic (exact) mass is 286 g/mol. The molecule has 1 N–H and O–H groups in total. The summed E-state index contributed by atoms with van der Waals surface area (Å²) in [5, 5.41) is 3.17. The average molecular weight is 286 g/mol. The van der Waals surface area contributed by atoms with Gasteiger partial charge in [0.25, 0.3) is 0 Å². The van der Waals surface area contributed by atoms with Gasteiger partial charge in [-0.1, -0.05) is 43.2 Å². The molecule has 0 spiro atoms. The number of carbonyl (C=O) groups excluding carboxylic acids is 1. The van der Waals surface area contributed by atoms with Crippen molar-refractivity contribution in [3.8, 4) is 0 Å². The Kier molecular flexibility index (Phi) is 4.59. The van der Waals surface area contributed by atoms with Gasteiger partial charge in [0.05, 0.1) is 6.54 Å². The van der Waals surface area contributed by atoms with Crippen molar-refractivity contribution in [1.82, 2.24) is 10.2 Å². The molecule has 1 aromatic rings. The van der Waals surface area contributed by atoms with E-state index in [9.17, 15) is 4.79 Å². The fraction of sp³-hybridized carbons (Fsp3) is 0.611. The molecule has 1 aliphatic heterocycles. The Morgan fingerprint density at radius 3 is 2.33 bits per heavy atom. The molecule has 0 radical (unpaired) electrons. The Labute approximate surface area is 127 Å². The lowest BCUT2D eigenvalue weighted by molar-refractivity contribution is -0.122. The van der Waals surface area contributed by atoms with Crippen LogP contribution >= 0.6 is 0 Å². The smallest absolute Gasteiger partial charge is 0.234 e. The molecule has 2 fully saturated rings. The van der Waals surface area contributed by atoms with Crippen molar-refractivity contribution in [2.24, 2.45) is 0 Å². The molecule has 21 heavy (non-hydrogen) atoms. The van der Waals surface area contributed by atoms with Gasteiger partial charge in [-0.05, 0) is 44.3 Å². The van der Waals surface area contributed by atoms with E-state index in [0.717, 1.165) is 19.6 Å². The van der Waals surface area contributed by atoms with Crippen LogP contribution in [0.3, 0.4) is 0 Å². The standard InChI is InChI=1S/C18H26N2O/c21-17(14-20-12-6-1-2-7-13-20)19-15-18(10-11-18)16-8-4-3-5-9-16/h3-5,8-9H,1-2,6-7,10-15H2,(H,19,21). The largest absolute Gasteiger partial charge is 0.354 e. The fourth-order valence-electron chi connectivity index (χ4n) is 3.33. The molecule has 3 nitrogen and oxygen atoms in total. The van der Waals surface area contributed by atoms with E-state index in [2.05, 4.69) is 40.5 Å². The molecule has 0 aromatic heterocycles. The quantitative estimate of drug-likeness (QED) is 0.902. The topological polar surface area (TPSA) is 32.3 Å². The molecule has 1 saturated heterocycles. The summed E-state index contributed by atoms with van der Waals surface area (Å²) in [4.78, 5) is 14.5. The van der Waals surface area contributed by atoms with E-state index in [1.807, 2.05) is 0 Å². The van der Waals surface area contributed by atoms with Gasteiger partial charge in [-0.25, -0.2) is 0 Å². The van der Waals surface area contributed by atoms with Gasteiger partial charge in [-0.15, -0.1) is 0 Å². The second-order valence-corrected chi connectivity index (χ2v) is 6.61. The summed E-state index contributed by atoms with van der Waals surface area (Å²) in [6.45, 7) is 3.53. The third kappa shape index (κ3) is 3.85. The zero-order valence-corrected chi connectivity index (χ0v) is 12.8. The van der Waals surface area contributed by atoms with Crippen LogP contribution in [0.5, 0.6) is 0 Å². The minimum absolute atomic E-state index is 0.194. The molecule has 1 amide bonds. The van der Waals surface area contributed by atoms with E-state index in [0.29, 0.717) is 6.54 Å². The van der Waals surface area contributed by atoms with Gasteiger partial charge < -0.3 is 5.32 Å². The van der Waals surface area contributed by atoms with Crippen LogP contribution in [-0.4, -0.2) is 37.0 Å². The highest BCUT2D eigenvalue weighted by Crippen LogP contribution is 2.47. The first-order valence-electron chi connectivity index (χ1n) is 8.33. The van der Waals surface area contributed by atoms with Crippen molar-refractivity contribution < 1.29 is 4.79 Å². The van der Waals surface area contributed by atoms with E-state index < -0.39 is 0 Å². The van der Waals surface area contributed by atoms with Crippen LogP contribution in [0.25, 0.3) is 0 Å². The Morgan fingerprint density at radius 2 is 1.71 bits per heavy atom. The van der Waals surface area contributed by atoms with Crippen molar-refractivity contribution in [3.63, 3.8) is 0 Å². The van der Waals surface area contributed by atoms with E-state index in [1.165, 1.54) is 44.1 Å². The van der Waals surface area contributed by atoms with Crippen LogP contribution in [0.4, 0.5) is 0 Å². The van der Waals surface area contributed by atoms with Gasteiger partial charge in [-0.2, -0.15) is 0 Å². The molecular weight excluding hydrogens is 260 g/mol. The summed E-state index contributed by atoms with van der Waals surface area (Å²) in [5.41, 5.74) is 1.59. The Bertz CT molecular complexity index is 459. The van der Waals surface area contributed by atoms with Gasteiger partial charge in [0.2, 0.25) is 5.91 Å². The fourth-order valence-corrected chi connectivity index (χ4v) is 3.33. The van der Waals surface area contributed by atoms with Gasteiger partial charge >= 0.3 is 0 Å². The molecule has 3 heteroatoms. The summed E-state index contributed by atoms with van der Waals surface area (Å²) < 4.78 is 0. The lowest BCUT2D eigenvalue weighted by atomic mass is 9.96. The van der Waals surface area contributed by atoms with Crippen molar-refractivity contribution in [2.75, 3.05) is 26.2 Å². The molecule has 1 saturated carbocycles. The molecule has 0 atom stereocenters. The Balaban J connectivity index is 1.47. The zero-order valence-electron chi connectivity index (χ0n) is 12.8. The zero-order chi connectivity index (χ0) is 14.5. The number of hydrogen-bond donors (Lipinski definition) is 1. The third-order valence-corrected chi connectivity index (χ3v) is 4.93. The van der Waals surface area contributed by atoms with Crippen LogP contribution in [0.2, 0.25) is 0 Å². The summed E-state index contributed by atoms with van der Waals surface area (Å²) in [6.07, 6.45) is 7.49. The van der Waals surface area contributed by atoms with Gasteiger partial charge in [-0.3, -0.25) is 9.69 Å². The second kappa shape index (κ2) is 6.61. The number of nitrogens with zero attached hydrogens (tertiary/aromatic N) is 1.